The fourth-order valence-corrected chi connectivity index (χ4v) is 3.02. The van der Waals surface area contributed by atoms with Crippen LogP contribution in [-0.4, -0.2) is 43.2 Å². The van der Waals surface area contributed by atoms with Gasteiger partial charge in [-0.05, 0) is 54.3 Å². The molecule has 1 saturated heterocycles. The number of aliphatic hydroxyl groups is 1. The lowest BCUT2D eigenvalue weighted by Crippen LogP contribution is -2.48. The van der Waals surface area contributed by atoms with Crippen molar-refractivity contribution in [3.63, 3.8) is 0 Å². The molecule has 0 saturated carbocycles. The zero-order chi connectivity index (χ0) is 27.9. The van der Waals surface area contributed by atoms with Gasteiger partial charge in [0.25, 0.3) is 0 Å². The Balaban J connectivity index is 2.31. The number of nitrogens with zero attached hydrogens (tertiary/aromatic N) is 1. The zero-order valence-electron chi connectivity index (χ0n) is 26.0. The molecule has 1 aromatic carbocycles. The Morgan fingerprint density at radius 2 is 2.13 bits per heavy atom. The maximum Gasteiger partial charge on any atom is 0.161 e. The molecule has 0 aliphatic carbocycles. The molecule has 128 valence electrons. The minimum Gasteiger partial charge on any atom is -0.493 e. The van der Waals surface area contributed by atoms with E-state index in [1.54, 1.807) is 13.8 Å². The first-order chi connectivity index (χ1) is 15.9. The van der Waals surface area contributed by atoms with Crippen molar-refractivity contribution in [2.24, 2.45) is 11.8 Å². The summed E-state index contributed by atoms with van der Waals surface area (Å²) in [5.41, 5.74) is -0.579. The third-order valence-corrected chi connectivity index (χ3v) is 4.12. The third-order valence-electron chi connectivity index (χ3n) is 4.12. The van der Waals surface area contributed by atoms with Gasteiger partial charge in [-0.1, -0.05) is 13.8 Å². The number of ether oxygens (including phenoxy) is 2. The van der Waals surface area contributed by atoms with Crippen LogP contribution < -0.4 is 9.47 Å². The van der Waals surface area contributed by atoms with Crippen LogP contribution in [0.15, 0.2) is 12.1 Å². The fraction of sp³-hybridized carbons (Fsp3) is 0.684. The van der Waals surface area contributed by atoms with Gasteiger partial charge < -0.3 is 14.6 Å². The molecule has 2 heterocycles. The van der Waals surface area contributed by atoms with Crippen LogP contribution in [-0.2, 0) is 6.37 Å². The lowest BCUT2D eigenvalue weighted by Gasteiger charge is -2.46. The van der Waals surface area contributed by atoms with E-state index >= 15 is 0 Å². The van der Waals surface area contributed by atoms with E-state index in [0.717, 1.165) is 12.1 Å². The summed E-state index contributed by atoms with van der Waals surface area (Å²) >= 11 is 0. The van der Waals surface area contributed by atoms with E-state index in [1.165, 1.54) is 0 Å². The van der Waals surface area contributed by atoms with E-state index in [9.17, 15) is 5.11 Å². The van der Waals surface area contributed by atoms with Gasteiger partial charge in [-0.25, -0.2) is 0 Å². The second kappa shape index (κ2) is 6.70. The number of fused-ring (bicyclic) bond motifs is 3. The number of rotatable bonds is 4. The number of benzene rings is 1. The number of hydrogen-bond acceptors (Lipinski definition) is 4. The van der Waals surface area contributed by atoms with Crippen LogP contribution in [0.25, 0.3) is 0 Å². The molecule has 1 aromatic rings. The standard InChI is InChI=1S/C19H29NO3/c1-12(2)7-14-11-20-6-5-13-8-18(22-3)19(23-4)9-15(13)16(20)10-17(14)21/h8-9,12,14,16-17,21H,5-7,10-11H2,1-4H3/t14-,16-,17+/m0/s1/i3D3,4D3,5D2,6D2,11D2,17D. The molecule has 1 N–H and O–H groups in total. The van der Waals surface area contributed by atoms with Crippen molar-refractivity contribution in [2.45, 2.75) is 45.2 Å². The van der Waals surface area contributed by atoms with Gasteiger partial charge in [0.1, 0.15) is 0 Å². The van der Waals surface area contributed by atoms with E-state index in [-0.39, 0.29) is 17.9 Å². The van der Waals surface area contributed by atoms with Gasteiger partial charge in [-0.2, -0.15) is 0 Å². The van der Waals surface area contributed by atoms with Crippen molar-refractivity contribution < 1.29 is 32.4 Å². The summed E-state index contributed by atoms with van der Waals surface area (Å²) in [5.74, 6) is -2.85. The molecule has 4 nitrogen and oxygen atoms in total. The van der Waals surface area contributed by atoms with Gasteiger partial charge in [-0.15, -0.1) is 0 Å². The molecule has 0 bridgehead atoms. The Kier molecular flexibility index (Phi) is 2.02. The highest BCUT2D eigenvalue weighted by Gasteiger charge is 2.38. The third kappa shape index (κ3) is 3.20. The Morgan fingerprint density at radius 3 is 2.83 bits per heavy atom. The highest BCUT2D eigenvalue weighted by molar-refractivity contribution is 5.49. The molecular formula is C19H29NO3. The summed E-state index contributed by atoms with van der Waals surface area (Å²) in [6.45, 7) is -2.22. The lowest BCUT2D eigenvalue weighted by molar-refractivity contribution is -0.0191. The van der Waals surface area contributed by atoms with Crippen molar-refractivity contribution in [3.8, 4) is 11.5 Å². The minimum absolute atomic E-state index is 0.0148. The van der Waals surface area contributed by atoms with Crippen molar-refractivity contribution in [1.29, 1.82) is 0 Å². The molecule has 1 fully saturated rings. The normalized spacial score (nSPS) is 46.7. The molecule has 2 aliphatic heterocycles. The first-order valence-electron chi connectivity index (χ1n) is 14.0. The number of aryl methyl sites for hydroxylation is 1. The van der Waals surface area contributed by atoms with Crippen LogP contribution in [0.4, 0.5) is 0 Å². The summed E-state index contributed by atoms with van der Waals surface area (Å²) < 4.78 is 115. The predicted molar refractivity (Wildman–Crippen MR) is 91.1 cm³/mol. The van der Waals surface area contributed by atoms with Gasteiger partial charge in [0.2, 0.25) is 0 Å². The molecule has 2 aliphatic rings. The molecule has 0 aromatic heterocycles. The van der Waals surface area contributed by atoms with Crippen LogP contribution >= 0.6 is 0 Å². The maximum absolute atomic E-state index is 11.0. The lowest BCUT2D eigenvalue weighted by atomic mass is 9.79. The average molecular weight is 333 g/mol. The number of methoxy groups -OCH3 is 2. The quantitative estimate of drug-likeness (QED) is 0.920. The second-order valence-electron chi connectivity index (χ2n) is 6.22. The minimum atomic E-state index is -3.08. The van der Waals surface area contributed by atoms with E-state index in [2.05, 4.69) is 0 Å². The van der Waals surface area contributed by atoms with Crippen molar-refractivity contribution in [2.75, 3.05) is 27.1 Å². The molecule has 0 amide bonds. The molecule has 0 unspecified atom stereocenters. The second-order valence-corrected chi connectivity index (χ2v) is 6.22. The van der Waals surface area contributed by atoms with Crippen LogP contribution in [0.2, 0.25) is 0 Å². The molecule has 0 radical (unpaired) electrons. The first kappa shape index (κ1) is 6.93. The van der Waals surface area contributed by atoms with Gasteiger partial charge >= 0.3 is 0 Å². The summed E-state index contributed by atoms with van der Waals surface area (Å²) in [6, 6.07) is 0.375. The Labute approximate surface area is 157 Å². The smallest absolute Gasteiger partial charge is 0.161 e. The summed E-state index contributed by atoms with van der Waals surface area (Å²) in [7, 11) is -6.15. The van der Waals surface area contributed by atoms with Crippen LogP contribution in [0.5, 0.6) is 11.5 Å². The van der Waals surface area contributed by atoms with E-state index < -0.39 is 75.0 Å². The van der Waals surface area contributed by atoms with Crippen LogP contribution in [0.1, 0.15) is 61.7 Å². The molecular weight excluding hydrogens is 290 g/mol. The van der Waals surface area contributed by atoms with Crippen LogP contribution in [0, 0.1) is 11.8 Å². The van der Waals surface area contributed by atoms with Gasteiger partial charge in [-0.3, -0.25) is 4.90 Å². The SMILES string of the molecule is [2H]C([2H])([2H])Oc1cc2c(cc1OC([2H])([2H])[2H])C([2H])([2H])C([2H])([2H])N1[C@H]2C[C@@]([2H])(O)[C@@H](CC(C)C)C1([2H])[2H]. The highest BCUT2D eigenvalue weighted by atomic mass is 16.5. The van der Waals surface area contributed by atoms with Crippen LogP contribution in [0.3, 0.4) is 0 Å². The Morgan fingerprint density at radius 1 is 1.39 bits per heavy atom. The molecule has 3 rings (SSSR count). The van der Waals surface area contributed by atoms with Crippen molar-refractivity contribution >= 4 is 0 Å². The monoisotopic (exact) mass is 332 g/mol. The van der Waals surface area contributed by atoms with Gasteiger partial charge in [0.15, 0.2) is 11.5 Å². The summed E-state index contributed by atoms with van der Waals surface area (Å²) in [6.07, 6.45) is -5.84. The Hall–Kier alpha value is -1.26. The molecule has 0 spiro atoms. The van der Waals surface area contributed by atoms with Gasteiger partial charge in [0, 0.05) is 27.3 Å². The highest BCUT2D eigenvalue weighted by Crippen LogP contribution is 2.43. The Bertz CT molecular complexity index is 1000. The summed E-state index contributed by atoms with van der Waals surface area (Å²) in [5, 5.41) is 11.0. The fourth-order valence-electron chi connectivity index (χ4n) is 3.02. The topological polar surface area (TPSA) is 41.9 Å². The van der Waals surface area contributed by atoms with E-state index in [0.29, 0.717) is 4.90 Å². The van der Waals surface area contributed by atoms with E-state index in [4.69, 9.17) is 27.3 Å². The maximum atomic E-state index is 11.0. The van der Waals surface area contributed by atoms with Crippen molar-refractivity contribution in [3.05, 3.63) is 23.3 Å². The average Bonchev–Trinajstić information content (AvgIpc) is 2.61. The molecule has 3 atom stereocenters. The summed E-state index contributed by atoms with van der Waals surface area (Å²) in [4.78, 5) is 0.655. The van der Waals surface area contributed by atoms with Gasteiger partial charge in [0.05, 0.1) is 29.8 Å². The molecule has 23 heavy (non-hydrogen) atoms. The number of piperidine rings is 1. The molecule has 4 heteroatoms. The van der Waals surface area contributed by atoms with E-state index in [1.807, 2.05) is 0 Å². The largest absolute Gasteiger partial charge is 0.493 e. The number of hydrogen-bond donors (Lipinski definition) is 1. The zero-order valence-corrected chi connectivity index (χ0v) is 13.0. The van der Waals surface area contributed by atoms with Crippen molar-refractivity contribution in [1.82, 2.24) is 4.90 Å². The first-order valence-corrected chi connectivity index (χ1v) is 7.50. The predicted octanol–water partition coefficient (Wildman–Crippen LogP) is 3.03.